The second-order valence-corrected chi connectivity index (χ2v) is 5.54. The number of hydrogen-bond acceptors (Lipinski definition) is 4. The number of carbonyl (C=O) groups excluding carboxylic acids is 2. The zero-order valence-corrected chi connectivity index (χ0v) is 12.1. The summed E-state index contributed by atoms with van der Waals surface area (Å²) in [6.45, 7) is 7.85. The molecule has 0 aromatic carbocycles. The van der Waals surface area contributed by atoms with Gasteiger partial charge in [0.2, 0.25) is 0 Å². The molecule has 20 heavy (non-hydrogen) atoms. The predicted molar refractivity (Wildman–Crippen MR) is 74.9 cm³/mol. The van der Waals surface area contributed by atoms with Gasteiger partial charge in [-0.15, -0.1) is 0 Å². The van der Waals surface area contributed by atoms with Gasteiger partial charge in [0.1, 0.15) is 11.5 Å². The van der Waals surface area contributed by atoms with Gasteiger partial charge in [-0.05, 0) is 19.1 Å². The Bertz CT molecular complexity index is 665. The summed E-state index contributed by atoms with van der Waals surface area (Å²) in [4.78, 5) is 28.1. The Kier molecular flexibility index (Phi) is 3.61. The van der Waals surface area contributed by atoms with E-state index in [0.717, 1.165) is 5.82 Å². The lowest BCUT2D eigenvalue weighted by Crippen LogP contribution is -2.19. The topological polar surface area (TPSA) is 60.7 Å². The Morgan fingerprint density at radius 3 is 2.60 bits per heavy atom. The van der Waals surface area contributed by atoms with Crippen LogP contribution in [0.15, 0.2) is 24.4 Å². The van der Waals surface area contributed by atoms with E-state index in [1.54, 1.807) is 13.0 Å². The van der Waals surface area contributed by atoms with E-state index in [9.17, 15) is 9.59 Å². The molecular formula is C15H18N2O3. The summed E-state index contributed by atoms with van der Waals surface area (Å²) in [6.07, 6.45) is 1.84. The molecule has 2 heterocycles. The van der Waals surface area contributed by atoms with Gasteiger partial charge in [-0.3, -0.25) is 4.79 Å². The monoisotopic (exact) mass is 274 g/mol. The van der Waals surface area contributed by atoms with Gasteiger partial charge in [0.05, 0.1) is 12.1 Å². The molecular weight excluding hydrogens is 256 g/mol. The minimum absolute atomic E-state index is 0.147. The van der Waals surface area contributed by atoms with Crippen molar-refractivity contribution in [2.24, 2.45) is 0 Å². The third-order valence-corrected chi connectivity index (χ3v) is 2.90. The molecule has 0 N–H and O–H groups in total. The standard InChI is InChI=1S/C15H18N2O3/c1-5-20-13(19)12(18)11-10-8-6-7-9-17(10)14(16-11)15(2,3)4/h6-9H,5H2,1-4H3. The van der Waals surface area contributed by atoms with Crippen LogP contribution in [0.2, 0.25) is 0 Å². The van der Waals surface area contributed by atoms with Crippen molar-refractivity contribution in [3.63, 3.8) is 0 Å². The van der Waals surface area contributed by atoms with Crippen LogP contribution in [0.5, 0.6) is 0 Å². The summed E-state index contributed by atoms with van der Waals surface area (Å²) in [6, 6.07) is 5.45. The molecule has 0 saturated carbocycles. The molecule has 0 radical (unpaired) electrons. The lowest BCUT2D eigenvalue weighted by Gasteiger charge is -2.16. The quantitative estimate of drug-likeness (QED) is 0.490. The lowest BCUT2D eigenvalue weighted by atomic mass is 9.96. The van der Waals surface area contributed by atoms with Crippen LogP contribution in [0.4, 0.5) is 0 Å². The van der Waals surface area contributed by atoms with E-state index in [-0.39, 0.29) is 17.7 Å². The Morgan fingerprint density at radius 1 is 1.30 bits per heavy atom. The van der Waals surface area contributed by atoms with E-state index >= 15 is 0 Å². The molecule has 0 atom stereocenters. The highest BCUT2D eigenvalue weighted by molar-refractivity contribution is 6.41. The zero-order chi connectivity index (χ0) is 14.9. The van der Waals surface area contributed by atoms with Gasteiger partial charge in [0.25, 0.3) is 5.78 Å². The molecule has 2 rings (SSSR count). The Balaban J connectivity index is 2.61. The molecule has 5 heteroatoms. The van der Waals surface area contributed by atoms with E-state index in [4.69, 9.17) is 4.74 Å². The minimum atomic E-state index is -0.864. The number of Topliss-reactive ketones (excluding diaryl/α,β-unsaturated/α-hetero) is 1. The highest BCUT2D eigenvalue weighted by atomic mass is 16.5. The van der Waals surface area contributed by atoms with Crippen molar-refractivity contribution in [1.29, 1.82) is 0 Å². The SMILES string of the molecule is CCOC(=O)C(=O)c1nc(C(C)(C)C)n2ccccc12. The first-order chi connectivity index (χ1) is 9.36. The molecule has 0 bridgehead atoms. The van der Waals surface area contributed by atoms with Gasteiger partial charge in [0, 0.05) is 11.6 Å². The number of ether oxygens (including phenoxy) is 1. The smallest absolute Gasteiger partial charge is 0.381 e. The molecule has 5 nitrogen and oxygen atoms in total. The van der Waals surface area contributed by atoms with Crippen molar-refractivity contribution in [3.05, 3.63) is 35.9 Å². The summed E-state index contributed by atoms with van der Waals surface area (Å²) < 4.78 is 6.60. The molecule has 0 unspecified atom stereocenters. The fraction of sp³-hybridized carbons (Fsp3) is 0.400. The second-order valence-electron chi connectivity index (χ2n) is 5.54. The largest absolute Gasteiger partial charge is 0.460 e. The second kappa shape index (κ2) is 5.07. The number of nitrogens with zero attached hydrogens (tertiary/aromatic N) is 2. The normalized spacial score (nSPS) is 11.6. The summed E-state index contributed by atoms with van der Waals surface area (Å²) in [7, 11) is 0. The third-order valence-electron chi connectivity index (χ3n) is 2.90. The fourth-order valence-corrected chi connectivity index (χ4v) is 2.03. The number of imidazole rings is 1. The maximum Gasteiger partial charge on any atom is 0.381 e. The number of hydrogen-bond donors (Lipinski definition) is 0. The highest BCUT2D eigenvalue weighted by Crippen LogP contribution is 2.24. The molecule has 2 aromatic rings. The van der Waals surface area contributed by atoms with E-state index in [1.807, 2.05) is 43.5 Å². The third kappa shape index (κ3) is 2.43. The number of aromatic nitrogens is 2. The van der Waals surface area contributed by atoms with Crippen LogP contribution in [-0.2, 0) is 14.9 Å². The van der Waals surface area contributed by atoms with Crippen molar-refractivity contribution in [1.82, 2.24) is 9.38 Å². The van der Waals surface area contributed by atoms with Gasteiger partial charge in [-0.1, -0.05) is 26.8 Å². The molecule has 0 amide bonds. The van der Waals surface area contributed by atoms with Crippen molar-refractivity contribution >= 4 is 17.3 Å². The zero-order valence-electron chi connectivity index (χ0n) is 12.1. The molecule has 0 fully saturated rings. The first kappa shape index (κ1) is 14.2. The fourth-order valence-electron chi connectivity index (χ4n) is 2.03. The van der Waals surface area contributed by atoms with E-state index < -0.39 is 11.8 Å². The minimum Gasteiger partial charge on any atom is -0.460 e. The summed E-state index contributed by atoms with van der Waals surface area (Å²) in [5.41, 5.74) is 0.529. The average Bonchev–Trinajstić information content (AvgIpc) is 2.77. The molecule has 0 saturated heterocycles. The summed E-state index contributed by atoms with van der Waals surface area (Å²) in [5, 5.41) is 0. The summed E-state index contributed by atoms with van der Waals surface area (Å²) >= 11 is 0. The van der Waals surface area contributed by atoms with Crippen LogP contribution in [0.3, 0.4) is 0 Å². The van der Waals surface area contributed by atoms with Gasteiger partial charge in [-0.2, -0.15) is 0 Å². The highest BCUT2D eigenvalue weighted by Gasteiger charge is 2.28. The van der Waals surface area contributed by atoms with E-state index in [1.165, 1.54) is 0 Å². The van der Waals surface area contributed by atoms with E-state index in [0.29, 0.717) is 5.52 Å². The maximum absolute atomic E-state index is 12.1. The van der Waals surface area contributed by atoms with Gasteiger partial charge >= 0.3 is 5.97 Å². The molecule has 106 valence electrons. The Labute approximate surface area is 117 Å². The van der Waals surface area contributed by atoms with Crippen molar-refractivity contribution in [3.8, 4) is 0 Å². The van der Waals surface area contributed by atoms with Gasteiger partial charge in [-0.25, -0.2) is 9.78 Å². The molecule has 0 aliphatic carbocycles. The van der Waals surface area contributed by atoms with Crippen LogP contribution < -0.4 is 0 Å². The molecule has 2 aromatic heterocycles. The number of ketones is 1. The first-order valence-corrected chi connectivity index (χ1v) is 6.55. The number of esters is 1. The number of fused-ring (bicyclic) bond motifs is 1. The number of rotatable bonds is 3. The predicted octanol–water partition coefficient (Wildman–Crippen LogP) is 2.38. The number of pyridine rings is 1. The average molecular weight is 274 g/mol. The van der Waals surface area contributed by atoms with Crippen molar-refractivity contribution in [2.75, 3.05) is 6.61 Å². The van der Waals surface area contributed by atoms with Crippen LogP contribution in [0.25, 0.3) is 5.52 Å². The van der Waals surface area contributed by atoms with Crippen molar-refractivity contribution in [2.45, 2.75) is 33.1 Å². The molecule has 0 aliphatic rings. The molecule has 0 aliphatic heterocycles. The van der Waals surface area contributed by atoms with Crippen molar-refractivity contribution < 1.29 is 14.3 Å². The first-order valence-electron chi connectivity index (χ1n) is 6.55. The maximum atomic E-state index is 12.1. The molecule has 0 spiro atoms. The summed E-state index contributed by atoms with van der Waals surface area (Å²) in [5.74, 6) is -0.830. The Hall–Kier alpha value is -2.17. The van der Waals surface area contributed by atoms with Crippen LogP contribution in [-0.4, -0.2) is 27.7 Å². The van der Waals surface area contributed by atoms with Crippen LogP contribution in [0, 0.1) is 0 Å². The van der Waals surface area contributed by atoms with Crippen LogP contribution in [0.1, 0.15) is 44.0 Å². The number of carbonyl (C=O) groups is 2. The lowest BCUT2D eigenvalue weighted by molar-refractivity contribution is -0.137. The Morgan fingerprint density at radius 2 is 2.00 bits per heavy atom. The van der Waals surface area contributed by atoms with Crippen LogP contribution >= 0.6 is 0 Å². The van der Waals surface area contributed by atoms with Gasteiger partial charge in [0.15, 0.2) is 0 Å². The van der Waals surface area contributed by atoms with E-state index in [2.05, 4.69) is 4.98 Å². The van der Waals surface area contributed by atoms with Gasteiger partial charge < -0.3 is 9.14 Å².